The summed E-state index contributed by atoms with van der Waals surface area (Å²) in [5, 5.41) is 0. The van der Waals surface area contributed by atoms with E-state index in [2.05, 4.69) is 0 Å². The number of hydrogen-bond donors (Lipinski definition) is 1. The zero-order valence-electron chi connectivity index (χ0n) is 13.2. The molecule has 0 saturated heterocycles. The zero-order chi connectivity index (χ0) is 15.8. The topological polar surface area (TPSA) is 55.6 Å². The first-order valence-corrected chi connectivity index (χ1v) is 7.39. The molecule has 1 atom stereocenters. The van der Waals surface area contributed by atoms with Gasteiger partial charge in [-0.05, 0) is 17.7 Å². The van der Waals surface area contributed by atoms with E-state index < -0.39 is 0 Å². The second kappa shape index (κ2) is 9.87. The number of halogens is 1. The van der Waals surface area contributed by atoms with Gasteiger partial charge in [0.05, 0.1) is 6.54 Å². The fraction of sp³-hybridized carbons (Fsp3) is 0.278. The smallest absolute Gasteiger partial charge is 0.224 e. The average Bonchev–Trinajstić information content (AvgIpc) is 2.56. The minimum Gasteiger partial charge on any atom is -0.492 e. The van der Waals surface area contributed by atoms with Crippen LogP contribution in [0.4, 0.5) is 0 Å². The van der Waals surface area contributed by atoms with Gasteiger partial charge in [-0.1, -0.05) is 48.5 Å². The van der Waals surface area contributed by atoms with Gasteiger partial charge in [0.1, 0.15) is 12.4 Å². The summed E-state index contributed by atoms with van der Waals surface area (Å²) in [5.41, 5.74) is 7.05. The first-order chi connectivity index (χ1) is 10.7. The predicted octanol–water partition coefficient (Wildman–Crippen LogP) is 3.04. The molecule has 124 valence electrons. The number of carbonyl (C=O) groups is 1. The van der Waals surface area contributed by atoms with Crippen molar-refractivity contribution in [1.29, 1.82) is 0 Å². The minimum atomic E-state index is -0.272. The summed E-state index contributed by atoms with van der Waals surface area (Å²) in [7, 11) is 1.77. The Kier molecular flexibility index (Phi) is 8.16. The molecule has 2 aromatic rings. The summed E-state index contributed by atoms with van der Waals surface area (Å²) in [6.07, 6.45) is 0.297. The SMILES string of the molecule is CN(CCOc1ccccc1)C(=O)CC(N)c1ccccc1.Cl. The van der Waals surface area contributed by atoms with Gasteiger partial charge in [-0.15, -0.1) is 12.4 Å². The Morgan fingerprint density at radius 2 is 1.65 bits per heavy atom. The van der Waals surface area contributed by atoms with Gasteiger partial charge in [-0.3, -0.25) is 4.79 Å². The third-order valence-electron chi connectivity index (χ3n) is 3.49. The van der Waals surface area contributed by atoms with E-state index in [1.807, 2.05) is 60.7 Å². The van der Waals surface area contributed by atoms with E-state index in [4.69, 9.17) is 10.5 Å². The summed E-state index contributed by atoms with van der Waals surface area (Å²) in [4.78, 5) is 13.8. The lowest BCUT2D eigenvalue weighted by atomic mass is 10.0. The third-order valence-corrected chi connectivity index (χ3v) is 3.49. The lowest BCUT2D eigenvalue weighted by Gasteiger charge is -2.20. The molecule has 4 nitrogen and oxygen atoms in total. The van der Waals surface area contributed by atoms with Crippen LogP contribution in [0.5, 0.6) is 5.75 Å². The third kappa shape index (κ3) is 6.30. The molecule has 0 aliphatic heterocycles. The Morgan fingerprint density at radius 1 is 1.09 bits per heavy atom. The number of amides is 1. The standard InChI is InChI=1S/C18H22N2O2.ClH/c1-20(12-13-22-16-10-6-3-7-11-16)18(21)14-17(19)15-8-4-2-5-9-15;/h2-11,17H,12-14,19H2,1H3;1H. The van der Waals surface area contributed by atoms with E-state index in [0.29, 0.717) is 19.6 Å². The highest BCUT2D eigenvalue weighted by molar-refractivity contribution is 5.85. The van der Waals surface area contributed by atoms with Crippen LogP contribution in [0.15, 0.2) is 60.7 Å². The minimum absolute atomic E-state index is 0. The number of nitrogens with zero attached hydrogens (tertiary/aromatic N) is 1. The van der Waals surface area contributed by atoms with E-state index in [1.54, 1.807) is 11.9 Å². The Labute approximate surface area is 143 Å². The average molecular weight is 335 g/mol. The first kappa shape index (κ1) is 19.0. The molecular weight excluding hydrogens is 312 g/mol. The molecule has 0 aliphatic rings. The van der Waals surface area contributed by atoms with Gasteiger partial charge < -0.3 is 15.4 Å². The maximum Gasteiger partial charge on any atom is 0.224 e. The van der Waals surface area contributed by atoms with Crippen LogP contribution >= 0.6 is 12.4 Å². The largest absolute Gasteiger partial charge is 0.492 e. The van der Waals surface area contributed by atoms with E-state index in [0.717, 1.165) is 11.3 Å². The quantitative estimate of drug-likeness (QED) is 0.846. The van der Waals surface area contributed by atoms with E-state index in [-0.39, 0.29) is 24.4 Å². The van der Waals surface area contributed by atoms with Gasteiger partial charge in [0, 0.05) is 19.5 Å². The number of para-hydroxylation sites is 1. The van der Waals surface area contributed by atoms with Crippen molar-refractivity contribution in [2.45, 2.75) is 12.5 Å². The molecular formula is C18H23ClN2O2. The molecule has 0 saturated carbocycles. The van der Waals surface area contributed by atoms with Gasteiger partial charge in [-0.25, -0.2) is 0 Å². The molecule has 0 heterocycles. The van der Waals surface area contributed by atoms with Crippen molar-refractivity contribution in [2.75, 3.05) is 20.2 Å². The van der Waals surface area contributed by atoms with Gasteiger partial charge >= 0.3 is 0 Å². The van der Waals surface area contributed by atoms with Crippen LogP contribution in [0, 0.1) is 0 Å². The molecule has 1 amide bonds. The molecule has 2 rings (SSSR count). The number of benzene rings is 2. The molecule has 23 heavy (non-hydrogen) atoms. The summed E-state index contributed by atoms with van der Waals surface area (Å²) >= 11 is 0. The van der Waals surface area contributed by atoms with Crippen molar-refractivity contribution in [1.82, 2.24) is 4.90 Å². The van der Waals surface area contributed by atoms with Crippen molar-refractivity contribution in [3.05, 3.63) is 66.2 Å². The second-order valence-corrected chi connectivity index (χ2v) is 5.20. The first-order valence-electron chi connectivity index (χ1n) is 7.39. The number of carbonyl (C=O) groups excluding carboxylic acids is 1. The molecule has 2 N–H and O–H groups in total. The van der Waals surface area contributed by atoms with E-state index in [9.17, 15) is 4.79 Å². The van der Waals surface area contributed by atoms with Crippen LogP contribution in [0.25, 0.3) is 0 Å². The van der Waals surface area contributed by atoms with Crippen LogP contribution < -0.4 is 10.5 Å². The van der Waals surface area contributed by atoms with Gasteiger partial charge in [0.2, 0.25) is 5.91 Å². The highest BCUT2D eigenvalue weighted by atomic mass is 35.5. The van der Waals surface area contributed by atoms with Crippen molar-refractivity contribution in [3.63, 3.8) is 0 Å². The van der Waals surface area contributed by atoms with Gasteiger partial charge in [0.15, 0.2) is 0 Å². The molecule has 2 aromatic carbocycles. The maximum absolute atomic E-state index is 12.2. The fourth-order valence-corrected chi connectivity index (χ4v) is 2.10. The molecule has 0 aromatic heterocycles. The highest BCUT2D eigenvalue weighted by Crippen LogP contribution is 2.14. The second-order valence-electron chi connectivity index (χ2n) is 5.20. The van der Waals surface area contributed by atoms with Crippen LogP contribution in [0.2, 0.25) is 0 Å². The summed E-state index contributed by atoms with van der Waals surface area (Å²) < 4.78 is 5.59. The Hall–Kier alpha value is -2.04. The van der Waals surface area contributed by atoms with E-state index >= 15 is 0 Å². The fourth-order valence-electron chi connectivity index (χ4n) is 2.10. The lowest BCUT2D eigenvalue weighted by Crippen LogP contribution is -2.33. The normalized spacial score (nSPS) is 11.2. The number of nitrogens with two attached hydrogens (primary N) is 1. The van der Waals surface area contributed by atoms with Gasteiger partial charge in [0.25, 0.3) is 0 Å². The Morgan fingerprint density at radius 3 is 2.26 bits per heavy atom. The zero-order valence-corrected chi connectivity index (χ0v) is 14.0. The molecule has 0 radical (unpaired) electrons. The van der Waals surface area contributed by atoms with Crippen molar-refractivity contribution < 1.29 is 9.53 Å². The summed E-state index contributed by atoms with van der Waals surface area (Å²) in [6, 6.07) is 19.0. The Bertz CT molecular complexity index is 578. The molecule has 1 unspecified atom stereocenters. The molecule has 0 fully saturated rings. The van der Waals surface area contributed by atoms with E-state index in [1.165, 1.54) is 0 Å². The lowest BCUT2D eigenvalue weighted by molar-refractivity contribution is -0.130. The Balaban J connectivity index is 0.00000264. The van der Waals surface area contributed by atoms with Crippen molar-refractivity contribution in [2.24, 2.45) is 5.73 Å². The van der Waals surface area contributed by atoms with Crippen LogP contribution in [0.3, 0.4) is 0 Å². The van der Waals surface area contributed by atoms with Crippen LogP contribution in [-0.2, 0) is 4.79 Å². The highest BCUT2D eigenvalue weighted by Gasteiger charge is 2.15. The van der Waals surface area contributed by atoms with Crippen molar-refractivity contribution in [3.8, 4) is 5.75 Å². The molecule has 0 aliphatic carbocycles. The number of ether oxygens (including phenoxy) is 1. The number of rotatable bonds is 7. The molecule has 0 spiro atoms. The monoisotopic (exact) mass is 334 g/mol. The van der Waals surface area contributed by atoms with Crippen LogP contribution in [-0.4, -0.2) is 31.0 Å². The number of likely N-dealkylation sites (N-methyl/N-ethyl adjacent to an activating group) is 1. The van der Waals surface area contributed by atoms with Crippen LogP contribution in [0.1, 0.15) is 18.0 Å². The predicted molar refractivity (Wildman–Crippen MR) is 94.8 cm³/mol. The van der Waals surface area contributed by atoms with Crippen molar-refractivity contribution >= 4 is 18.3 Å². The molecule has 5 heteroatoms. The maximum atomic E-state index is 12.2. The molecule has 0 bridgehead atoms. The number of hydrogen-bond acceptors (Lipinski definition) is 3. The summed E-state index contributed by atoms with van der Waals surface area (Å²) in [5.74, 6) is 0.831. The van der Waals surface area contributed by atoms with Gasteiger partial charge in [-0.2, -0.15) is 0 Å². The summed E-state index contributed by atoms with van der Waals surface area (Å²) in [6.45, 7) is 1.00.